The predicted molar refractivity (Wildman–Crippen MR) is 104 cm³/mol. The molecule has 0 radical (unpaired) electrons. The topological polar surface area (TPSA) is 98.1 Å². The fraction of sp³-hybridized carbons (Fsp3) is 0.316. The molecular formula is C19H21N7O2. The molecule has 0 aliphatic carbocycles. The number of methoxy groups -OCH3 is 1. The van der Waals surface area contributed by atoms with Crippen LogP contribution in [0.15, 0.2) is 49.3 Å². The molecule has 1 N–H and O–H groups in total. The average Bonchev–Trinajstić information content (AvgIpc) is 3.29. The molecule has 0 unspecified atom stereocenters. The summed E-state index contributed by atoms with van der Waals surface area (Å²) in [6.07, 6.45) is 6.09. The van der Waals surface area contributed by atoms with E-state index in [0.717, 1.165) is 31.7 Å². The van der Waals surface area contributed by atoms with Crippen molar-refractivity contribution in [2.75, 3.05) is 30.4 Å². The Labute approximate surface area is 162 Å². The number of anilines is 2. The number of carbonyl (C=O) groups excluding carboxylic acids is 1. The highest BCUT2D eigenvalue weighted by molar-refractivity contribution is 5.94. The fourth-order valence-corrected chi connectivity index (χ4v) is 3.32. The quantitative estimate of drug-likeness (QED) is 0.723. The minimum Gasteiger partial charge on any atom is -0.495 e. The molecule has 28 heavy (non-hydrogen) atoms. The van der Waals surface area contributed by atoms with Crippen molar-refractivity contribution in [3.8, 4) is 11.6 Å². The largest absolute Gasteiger partial charge is 0.495 e. The Balaban J connectivity index is 1.38. The first-order valence-corrected chi connectivity index (χ1v) is 9.10. The summed E-state index contributed by atoms with van der Waals surface area (Å²) in [6.45, 7) is 1.50. The van der Waals surface area contributed by atoms with Crippen LogP contribution in [0.25, 0.3) is 5.82 Å². The lowest BCUT2D eigenvalue weighted by atomic mass is 9.95. The van der Waals surface area contributed by atoms with E-state index in [4.69, 9.17) is 4.74 Å². The van der Waals surface area contributed by atoms with Crippen molar-refractivity contribution in [3.05, 3.63) is 49.3 Å². The first-order chi connectivity index (χ1) is 13.7. The molecular weight excluding hydrogens is 358 g/mol. The first kappa shape index (κ1) is 17.9. The molecule has 9 heteroatoms. The zero-order valence-corrected chi connectivity index (χ0v) is 15.5. The van der Waals surface area contributed by atoms with E-state index >= 15 is 0 Å². The number of nitrogens with one attached hydrogen (secondary N) is 1. The third-order valence-electron chi connectivity index (χ3n) is 4.85. The molecule has 2 aromatic heterocycles. The number of ether oxygens (including phenoxy) is 1. The van der Waals surface area contributed by atoms with Crippen LogP contribution in [0.3, 0.4) is 0 Å². The molecule has 0 saturated carbocycles. The molecule has 1 fully saturated rings. The van der Waals surface area contributed by atoms with Crippen LogP contribution in [0.4, 0.5) is 11.5 Å². The molecule has 144 valence electrons. The number of piperidine rings is 1. The van der Waals surface area contributed by atoms with Crippen molar-refractivity contribution in [1.29, 1.82) is 0 Å². The van der Waals surface area contributed by atoms with Crippen LogP contribution < -0.4 is 15.0 Å². The van der Waals surface area contributed by atoms with Crippen LogP contribution in [-0.2, 0) is 4.79 Å². The SMILES string of the molecule is COc1ccccc1NC(=O)C1CCN(c2cc(-n3cncn3)ncn2)CC1. The van der Waals surface area contributed by atoms with Crippen molar-refractivity contribution in [1.82, 2.24) is 24.7 Å². The molecule has 1 saturated heterocycles. The number of amides is 1. The molecule has 0 atom stereocenters. The maximum Gasteiger partial charge on any atom is 0.227 e. The smallest absolute Gasteiger partial charge is 0.227 e. The molecule has 1 aromatic carbocycles. The van der Waals surface area contributed by atoms with Gasteiger partial charge in [0, 0.05) is 25.1 Å². The van der Waals surface area contributed by atoms with Crippen LogP contribution in [-0.4, -0.2) is 50.8 Å². The Morgan fingerprint density at radius 2 is 1.93 bits per heavy atom. The third-order valence-corrected chi connectivity index (χ3v) is 4.85. The van der Waals surface area contributed by atoms with E-state index in [1.165, 1.54) is 12.7 Å². The highest BCUT2D eigenvalue weighted by atomic mass is 16.5. The van der Waals surface area contributed by atoms with Crippen LogP contribution in [0, 0.1) is 5.92 Å². The molecule has 4 rings (SSSR count). The van der Waals surface area contributed by atoms with Gasteiger partial charge in [0.05, 0.1) is 12.8 Å². The van der Waals surface area contributed by atoms with E-state index in [2.05, 4.69) is 30.3 Å². The number of aromatic nitrogens is 5. The van der Waals surface area contributed by atoms with Gasteiger partial charge in [-0.25, -0.2) is 19.6 Å². The minimum atomic E-state index is -0.0437. The molecule has 0 bridgehead atoms. The van der Waals surface area contributed by atoms with Gasteiger partial charge in [-0.2, -0.15) is 5.10 Å². The molecule has 0 spiro atoms. The summed E-state index contributed by atoms with van der Waals surface area (Å²) in [5.41, 5.74) is 0.700. The standard InChI is InChI=1S/C19H21N7O2/c1-28-16-5-3-2-4-15(16)24-19(27)14-6-8-25(9-7-14)17-10-18(22-12-21-17)26-13-20-11-23-26/h2-5,10-14H,6-9H2,1H3,(H,24,27). The van der Waals surface area contributed by atoms with Gasteiger partial charge < -0.3 is 15.0 Å². The maximum absolute atomic E-state index is 12.7. The molecule has 1 amide bonds. The predicted octanol–water partition coefficient (Wildman–Crippen LogP) is 1.92. The lowest BCUT2D eigenvalue weighted by Gasteiger charge is -2.32. The monoisotopic (exact) mass is 379 g/mol. The van der Waals surface area contributed by atoms with Gasteiger partial charge in [0.1, 0.15) is 30.5 Å². The number of hydrogen-bond acceptors (Lipinski definition) is 7. The van der Waals surface area contributed by atoms with E-state index in [1.54, 1.807) is 18.1 Å². The van der Waals surface area contributed by atoms with Crippen LogP contribution in [0.2, 0.25) is 0 Å². The number of rotatable bonds is 5. The first-order valence-electron chi connectivity index (χ1n) is 9.10. The molecule has 1 aliphatic rings. The summed E-state index contributed by atoms with van der Waals surface area (Å²) in [4.78, 5) is 27.4. The maximum atomic E-state index is 12.7. The molecule has 9 nitrogen and oxygen atoms in total. The summed E-state index contributed by atoms with van der Waals surface area (Å²) in [5.74, 6) is 2.13. The Morgan fingerprint density at radius 1 is 1.14 bits per heavy atom. The summed E-state index contributed by atoms with van der Waals surface area (Å²) in [6, 6.07) is 9.31. The van der Waals surface area contributed by atoms with Crippen molar-refractivity contribution < 1.29 is 9.53 Å². The van der Waals surface area contributed by atoms with Crippen LogP contribution in [0.1, 0.15) is 12.8 Å². The average molecular weight is 379 g/mol. The summed E-state index contributed by atoms with van der Waals surface area (Å²) < 4.78 is 6.90. The van der Waals surface area contributed by atoms with Crippen molar-refractivity contribution in [2.24, 2.45) is 5.92 Å². The lowest BCUT2D eigenvalue weighted by Crippen LogP contribution is -2.38. The second kappa shape index (κ2) is 8.03. The van der Waals surface area contributed by atoms with Gasteiger partial charge in [0.25, 0.3) is 0 Å². The van der Waals surface area contributed by atoms with Crippen molar-refractivity contribution in [2.45, 2.75) is 12.8 Å². The van der Waals surface area contributed by atoms with Crippen LogP contribution in [0.5, 0.6) is 5.75 Å². The van der Waals surface area contributed by atoms with Gasteiger partial charge in [-0.3, -0.25) is 4.79 Å². The van der Waals surface area contributed by atoms with Gasteiger partial charge in [0.2, 0.25) is 5.91 Å². The Morgan fingerprint density at radius 3 is 2.68 bits per heavy atom. The molecule has 3 heterocycles. The van der Waals surface area contributed by atoms with Crippen molar-refractivity contribution in [3.63, 3.8) is 0 Å². The third kappa shape index (κ3) is 3.78. The number of carbonyl (C=O) groups is 1. The number of hydrogen-bond donors (Lipinski definition) is 1. The summed E-state index contributed by atoms with van der Waals surface area (Å²) in [5, 5.41) is 7.08. The summed E-state index contributed by atoms with van der Waals surface area (Å²) in [7, 11) is 1.60. The van der Waals surface area contributed by atoms with E-state index in [0.29, 0.717) is 17.3 Å². The highest BCUT2D eigenvalue weighted by Gasteiger charge is 2.26. The van der Waals surface area contributed by atoms with Crippen molar-refractivity contribution >= 4 is 17.4 Å². The van der Waals surface area contributed by atoms with E-state index < -0.39 is 0 Å². The van der Waals surface area contributed by atoms with Gasteiger partial charge in [0.15, 0.2) is 5.82 Å². The molecule has 1 aliphatic heterocycles. The second-order valence-corrected chi connectivity index (χ2v) is 6.53. The zero-order valence-electron chi connectivity index (χ0n) is 15.5. The van der Waals surface area contributed by atoms with E-state index in [9.17, 15) is 4.79 Å². The highest BCUT2D eigenvalue weighted by Crippen LogP contribution is 2.27. The Bertz CT molecular complexity index is 937. The van der Waals surface area contributed by atoms with E-state index in [1.807, 2.05) is 30.3 Å². The Kier molecular flexibility index (Phi) is 5.14. The fourth-order valence-electron chi connectivity index (χ4n) is 3.32. The number of nitrogens with zero attached hydrogens (tertiary/aromatic N) is 6. The number of benzene rings is 1. The Hall–Kier alpha value is -3.49. The van der Waals surface area contributed by atoms with Gasteiger partial charge >= 0.3 is 0 Å². The van der Waals surface area contributed by atoms with E-state index in [-0.39, 0.29) is 11.8 Å². The van der Waals surface area contributed by atoms with Gasteiger partial charge in [-0.05, 0) is 25.0 Å². The zero-order chi connectivity index (χ0) is 19.3. The van der Waals surface area contributed by atoms with Gasteiger partial charge in [-0.15, -0.1) is 0 Å². The number of para-hydroxylation sites is 2. The molecule has 3 aromatic rings. The normalized spacial score (nSPS) is 14.7. The van der Waals surface area contributed by atoms with Gasteiger partial charge in [-0.1, -0.05) is 12.1 Å². The summed E-state index contributed by atoms with van der Waals surface area (Å²) >= 11 is 0. The minimum absolute atomic E-state index is 0.0233. The second-order valence-electron chi connectivity index (χ2n) is 6.53. The lowest BCUT2D eigenvalue weighted by molar-refractivity contribution is -0.120. The van der Waals surface area contributed by atoms with Crippen LogP contribution >= 0.6 is 0 Å².